The van der Waals surface area contributed by atoms with Gasteiger partial charge in [-0.15, -0.1) is 0 Å². The average molecular weight is 616 g/mol. The van der Waals surface area contributed by atoms with Crippen molar-refractivity contribution in [1.29, 1.82) is 0 Å². The number of carbonyl (C=O) groups is 4. The van der Waals surface area contributed by atoms with Crippen molar-refractivity contribution < 1.29 is 23.6 Å². The molecule has 4 amide bonds. The molecule has 3 aromatic rings. The summed E-state index contributed by atoms with van der Waals surface area (Å²) in [6.45, 7) is 5.03. The molecule has 2 aliphatic rings. The Morgan fingerprint density at radius 3 is 2.22 bits per heavy atom. The summed E-state index contributed by atoms with van der Waals surface area (Å²) < 4.78 is 13.6. The summed E-state index contributed by atoms with van der Waals surface area (Å²) in [6.07, 6.45) is 2.66. The predicted octanol–water partition coefficient (Wildman–Crippen LogP) is 3.07. The summed E-state index contributed by atoms with van der Waals surface area (Å²) >= 11 is 0. The van der Waals surface area contributed by atoms with E-state index in [0.29, 0.717) is 12.0 Å². The number of halogens is 1. The van der Waals surface area contributed by atoms with Gasteiger partial charge < -0.3 is 26.6 Å². The van der Waals surface area contributed by atoms with Gasteiger partial charge in [0.1, 0.15) is 23.4 Å². The minimum atomic E-state index is -1.33. The minimum Gasteiger partial charge on any atom is -0.368 e. The highest BCUT2D eigenvalue weighted by atomic mass is 19.1. The van der Waals surface area contributed by atoms with Crippen molar-refractivity contribution in [3.63, 3.8) is 0 Å². The van der Waals surface area contributed by atoms with Crippen LogP contribution >= 0.6 is 0 Å². The first-order chi connectivity index (χ1) is 21.3. The summed E-state index contributed by atoms with van der Waals surface area (Å²) in [5.74, 6) is -2.05. The van der Waals surface area contributed by atoms with Gasteiger partial charge in [-0.05, 0) is 67.1 Å². The molecule has 0 aromatic heterocycles. The maximum Gasteiger partial charge on any atom is 0.246 e. The molecule has 9 nitrogen and oxygen atoms in total. The third-order valence-electron chi connectivity index (χ3n) is 9.06. The molecule has 45 heavy (non-hydrogen) atoms. The average Bonchev–Trinajstić information content (AvgIpc) is 3.82. The van der Waals surface area contributed by atoms with Crippen molar-refractivity contribution in [3.8, 4) is 0 Å². The van der Waals surface area contributed by atoms with Gasteiger partial charge in [0.2, 0.25) is 23.6 Å². The fraction of sp³-hybridized carbons (Fsp3) is 0.429. The molecule has 5 rings (SSSR count). The number of nitrogens with zero attached hydrogens (tertiary/aromatic N) is 2. The van der Waals surface area contributed by atoms with Crippen LogP contribution in [0.3, 0.4) is 0 Å². The number of hydrogen-bond donors (Lipinski definition) is 3. The van der Waals surface area contributed by atoms with Crippen LogP contribution in [-0.2, 0) is 32.0 Å². The molecule has 1 heterocycles. The van der Waals surface area contributed by atoms with E-state index in [4.69, 9.17) is 11.5 Å². The lowest BCUT2D eigenvalue weighted by atomic mass is 9.87. The summed E-state index contributed by atoms with van der Waals surface area (Å²) in [4.78, 5) is 57.7. The van der Waals surface area contributed by atoms with E-state index < -0.39 is 46.7 Å². The van der Waals surface area contributed by atoms with Gasteiger partial charge in [0.15, 0.2) is 0 Å². The van der Waals surface area contributed by atoms with Crippen molar-refractivity contribution >= 4 is 34.4 Å². The molecular weight excluding hydrogens is 573 g/mol. The SMILES string of the molecule is CC(C)(N)C(=O)NC(Cc1ccc(F)cc1)C(=O)N1CCN(C(C)(Cc2ccc3ccccc3c2)C(N)=O)C(=O)C1CC1CC1. The van der Waals surface area contributed by atoms with E-state index in [9.17, 15) is 23.6 Å². The highest BCUT2D eigenvalue weighted by Crippen LogP contribution is 2.37. The van der Waals surface area contributed by atoms with Gasteiger partial charge in [0.25, 0.3) is 0 Å². The molecule has 2 fully saturated rings. The second-order valence-electron chi connectivity index (χ2n) is 13.3. The molecule has 0 bridgehead atoms. The zero-order chi connectivity index (χ0) is 32.5. The van der Waals surface area contributed by atoms with Gasteiger partial charge in [0.05, 0.1) is 5.54 Å². The molecule has 3 aromatic carbocycles. The fourth-order valence-electron chi connectivity index (χ4n) is 6.10. The number of amides is 4. The minimum absolute atomic E-state index is 0.0897. The van der Waals surface area contributed by atoms with E-state index in [0.717, 1.165) is 29.2 Å². The third-order valence-corrected chi connectivity index (χ3v) is 9.06. The smallest absolute Gasteiger partial charge is 0.246 e. The van der Waals surface area contributed by atoms with Gasteiger partial charge in [-0.1, -0.05) is 67.4 Å². The van der Waals surface area contributed by atoms with Crippen molar-refractivity contribution in [2.45, 2.75) is 76.0 Å². The Hall–Kier alpha value is -4.31. The molecule has 1 saturated carbocycles. The summed E-state index contributed by atoms with van der Waals surface area (Å²) in [7, 11) is 0. The first-order valence-corrected chi connectivity index (χ1v) is 15.5. The second-order valence-corrected chi connectivity index (χ2v) is 13.3. The molecule has 0 spiro atoms. The number of carbonyl (C=O) groups excluding carboxylic acids is 4. The van der Waals surface area contributed by atoms with Gasteiger partial charge in [-0.2, -0.15) is 0 Å². The normalized spacial score (nSPS) is 19.2. The standard InChI is InChI=1S/C35H42FN5O4/c1-34(2,38)33(45)39-28(19-22-11-14-27(36)15-12-22)30(42)40-16-17-41(31(43)29(40)20-23-8-9-23)35(3,32(37)44)21-24-10-13-25-6-4-5-7-26(25)18-24/h4-7,10-15,18,23,28-29H,8-9,16-17,19-21,38H2,1-3H3,(H2,37,44)(H,39,45). The van der Waals surface area contributed by atoms with E-state index >= 15 is 0 Å². The number of rotatable bonds is 11. The Morgan fingerprint density at radius 2 is 1.60 bits per heavy atom. The Kier molecular flexibility index (Phi) is 8.98. The van der Waals surface area contributed by atoms with Crippen LogP contribution in [0.5, 0.6) is 0 Å². The van der Waals surface area contributed by atoms with E-state index in [1.807, 2.05) is 42.5 Å². The van der Waals surface area contributed by atoms with Crippen LogP contribution < -0.4 is 16.8 Å². The van der Waals surface area contributed by atoms with Crippen LogP contribution in [0.2, 0.25) is 0 Å². The molecule has 0 radical (unpaired) electrons. The summed E-state index contributed by atoms with van der Waals surface area (Å²) in [5, 5.41) is 4.86. The zero-order valence-corrected chi connectivity index (χ0v) is 26.1. The molecule has 3 unspecified atom stereocenters. The lowest BCUT2D eigenvalue weighted by Crippen LogP contribution is -2.69. The lowest BCUT2D eigenvalue weighted by Gasteiger charge is -2.48. The van der Waals surface area contributed by atoms with Gasteiger partial charge >= 0.3 is 0 Å². The Balaban J connectivity index is 1.43. The lowest BCUT2D eigenvalue weighted by molar-refractivity contribution is -0.161. The molecule has 1 aliphatic carbocycles. The van der Waals surface area contributed by atoms with Crippen molar-refractivity contribution in [2.24, 2.45) is 17.4 Å². The number of piperazine rings is 1. The molecular formula is C35H42FN5O4. The third kappa shape index (κ3) is 7.17. The Labute approximate surface area is 263 Å². The van der Waals surface area contributed by atoms with Gasteiger partial charge in [-0.25, -0.2) is 4.39 Å². The molecule has 5 N–H and O–H groups in total. The second kappa shape index (κ2) is 12.6. The first-order valence-electron chi connectivity index (χ1n) is 15.5. The predicted molar refractivity (Wildman–Crippen MR) is 170 cm³/mol. The van der Waals surface area contributed by atoms with Crippen LogP contribution in [0.25, 0.3) is 10.8 Å². The zero-order valence-electron chi connectivity index (χ0n) is 26.1. The molecule has 1 saturated heterocycles. The van der Waals surface area contributed by atoms with Crippen LogP contribution in [0, 0.1) is 11.7 Å². The van der Waals surface area contributed by atoms with Gasteiger partial charge in [0, 0.05) is 25.9 Å². The van der Waals surface area contributed by atoms with Crippen LogP contribution in [0.15, 0.2) is 66.7 Å². The number of benzene rings is 3. The number of nitrogens with one attached hydrogen (secondary N) is 1. The Bertz CT molecular complexity index is 1600. The monoisotopic (exact) mass is 615 g/mol. The van der Waals surface area contributed by atoms with E-state index in [1.54, 1.807) is 32.9 Å². The van der Waals surface area contributed by atoms with Crippen molar-refractivity contribution in [2.75, 3.05) is 13.1 Å². The maximum absolute atomic E-state index is 14.3. The maximum atomic E-state index is 14.3. The number of fused-ring (bicyclic) bond motifs is 1. The van der Waals surface area contributed by atoms with Crippen molar-refractivity contribution in [1.82, 2.24) is 15.1 Å². The fourth-order valence-corrected chi connectivity index (χ4v) is 6.10. The van der Waals surface area contributed by atoms with Crippen LogP contribution in [0.4, 0.5) is 4.39 Å². The highest BCUT2D eigenvalue weighted by molar-refractivity contribution is 5.97. The quantitative estimate of drug-likeness (QED) is 0.304. The number of primary amides is 1. The highest BCUT2D eigenvalue weighted by Gasteiger charge is 2.49. The Morgan fingerprint density at radius 1 is 0.956 bits per heavy atom. The number of nitrogens with two attached hydrogens (primary N) is 2. The van der Waals surface area contributed by atoms with Crippen molar-refractivity contribution in [3.05, 3.63) is 83.7 Å². The molecule has 3 atom stereocenters. The van der Waals surface area contributed by atoms with Gasteiger partial charge in [-0.3, -0.25) is 19.2 Å². The molecule has 10 heteroatoms. The van der Waals surface area contributed by atoms with E-state index in [-0.39, 0.29) is 37.8 Å². The summed E-state index contributed by atoms with van der Waals surface area (Å²) in [5.41, 5.74) is 11.0. The number of hydrogen-bond acceptors (Lipinski definition) is 5. The first kappa shape index (κ1) is 32.1. The van der Waals surface area contributed by atoms with E-state index in [1.165, 1.54) is 21.9 Å². The van der Waals surface area contributed by atoms with Crippen LogP contribution in [-0.4, -0.2) is 69.7 Å². The topological polar surface area (TPSA) is 139 Å². The molecule has 1 aliphatic heterocycles. The van der Waals surface area contributed by atoms with Crippen LogP contribution in [0.1, 0.15) is 51.2 Å². The van der Waals surface area contributed by atoms with E-state index in [2.05, 4.69) is 5.32 Å². The largest absolute Gasteiger partial charge is 0.368 e. The molecule has 238 valence electrons. The summed E-state index contributed by atoms with van der Waals surface area (Å²) in [6, 6.07) is 17.7.